The Labute approximate surface area is 161 Å². The Balaban J connectivity index is 1.66. The minimum absolute atomic E-state index is 0.134. The Morgan fingerprint density at radius 3 is 2.59 bits per heavy atom. The van der Waals surface area contributed by atoms with Crippen LogP contribution in [0.3, 0.4) is 0 Å². The van der Waals surface area contributed by atoms with Crippen molar-refractivity contribution < 1.29 is 9.32 Å². The fourth-order valence-electron chi connectivity index (χ4n) is 2.79. The van der Waals surface area contributed by atoms with Gasteiger partial charge in [0.2, 0.25) is 0 Å². The summed E-state index contributed by atoms with van der Waals surface area (Å²) in [4.78, 5) is 17.3. The smallest absolute Gasteiger partial charge is 0.263 e. The van der Waals surface area contributed by atoms with E-state index < -0.39 is 0 Å². The molecule has 4 rings (SSSR count). The van der Waals surface area contributed by atoms with Crippen LogP contribution >= 0.6 is 11.3 Å². The number of hydrogen-bond acceptors (Lipinski definition) is 5. The average molecular weight is 377 g/mol. The summed E-state index contributed by atoms with van der Waals surface area (Å²) in [7, 11) is 0. The van der Waals surface area contributed by atoms with Crippen molar-refractivity contribution in [3.05, 3.63) is 59.6 Å². The highest BCUT2D eigenvalue weighted by molar-refractivity contribution is 7.17. The number of thiazole rings is 1. The molecule has 2 heterocycles. The molecule has 0 unspecified atom stereocenters. The number of carbonyl (C=O) groups is 1. The van der Waals surface area contributed by atoms with Crippen molar-refractivity contribution in [3.63, 3.8) is 0 Å². The molecule has 6 heteroatoms. The third kappa shape index (κ3) is 3.61. The van der Waals surface area contributed by atoms with Crippen LogP contribution in [0.4, 0.5) is 0 Å². The lowest BCUT2D eigenvalue weighted by atomic mass is 10.0. The van der Waals surface area contributed by atoms with Gasteiger partial charge in [0.15, 0.2) is 5.58 Å². The van der Waals surface area contributed by atoms with Crippen molar-refractivity contribution in [1.29, 1.82) is 0 Å². The van der Waals surface area contributed by atoms with E-state index in [4.69, 9.17) is 4.52 Å². The first-order valence-electron chi connectivity index (χ1n) is 8.64. The minimum atomic E-state index is -0.296. The number of amides is 1. The van der Waals surface area contributed by atoms with E-state index in [0.29, 0.717) is 21.2 Å². The van der Waals surface area contributed by atoms with Crippen molar-refractivity contribution in [1.82, 2.24) is 15.5 Å². The van der Waals surface area contributed by atoms with Crippen molar-refractivity contribution in [2.24, 2.45) is 0 Å². The van der Waals surface area contributed by atoms with Gasteiger partial charge in [-0.05, 0) is 44.0 Å². The molecule has 0 atom stereocenters. The Morgan fingerprint density at radius 2 is 1.85 bits per heavy atom. The summed E-state index contributed by atoms with van der Waals surface area (Å²) in [6, 6.07) is 16.1. The second-order valence-corrected chi connectivity index (χ2v) is 8.37. The summed E-state index contributed by atoms with van der Waals surface area (Å²) in [5, 5.41) is 8.68. The zero-order valence-corrected chi connectivity index (χ0v) is 16.1. The normalized spacial score (nSPS) is 11.7. The average Bonchev–Trinajstić information content (AvgIpc) is 3.27. The number of carbonyl (C=O) groups excluding carboxylic acids is 1. The molecule has 4 aromatic rings. The number of aromatic nitrogens is 2. The molecular formula is C21H19N3O2S. The Hall–Kier alpha value is -2.99. The van der Waals surface area contributed by atoms with Crippen LogP contribution in [-0.4, -0.2) is 21.6 Å². The lowest BCUT2D eigenvalue weighted by molar-refractivity contribution is 0.0923. The van der Waals surface area contributed by atoms with Crippen molar-refractivity contribution in [2.45, 2.75) is 26.3 Å². The molecule has 0 radical (unpaired) electrons. The quantitative estimate of drug-likeness (QED) is 0.536. The fourth-order valence-corrected chi connectivity index (χ4v) is 3.60. The molecule has 0 bridgehead atoms. The molecule has 27 heavy (non-hydrogen) atoms. The van der Waals surface area contributed by atoms with Crippen molar-refractivity contribution in [3.8, 4) is 21.8 Å². The molecule has 0 saturated carbocycles. The topological polar surface area (TPSA) is 68.0 Å². The number of nitrogens with one attached hydrogen (secondary N) is 1. The van der Waals surface area contributed by atoms with Gasteiger partial charge >= 0.3 is 0 Å². The summed E-state index contributed by atoms with van der Waals surface area (Å²) >= 11 is 1.31. The van der Waals surface area contributed by atoms with Crippen LogP contribution in [0.15, 0.2) is 59.3 Å². The molecule has 5 nitrogen and oxygen atoms in total. The molecule has 0 aliphatic heterocycles. The molecule has 0 saturated heterocycles. The number of hydrogen-bond donors (Lipinski definition) is 1. The van der Waals surface area contributed by atoms with E-state index >= 15 is 0 Å². The highest BCUT2D eigenvalue weighted by atomic mass is 32.1. The molecule has 0 aliphatic carbocycles. The van der Waals surface area contributed by atoms with E-state index in [1.807, 2.05) is 57.2 Å². The van der Waals surface area contributed by atoms with Crippen LogP contribution in [0, 0.1) is 0 Å². The van der Waals surface area contributed by atoms with Crippen LogP contribution in [0.1, 0.15) is 30.4 Å². The Kier molecular flexibility index (Phi) is 4.28. The third-order valence-corrected chi connectivity index (χ3v) is 5.00. The van der Waals surface area contributed by atoms with Crippen LogP contribution < -0.4 is 5.32 Å². The zero-order valence-electron chi connectivity index (χ0n) is 15.3. The molecule has 136 valence electrons. The van der Waals surface area contributed by atoms with E-state index in [-0.39, 0.29) is 11.4 Å². The van der Waals surface area contributed by atoms with Gasteiger partial charge in [0.05, 0.1) is 11.6 Å². The molecule has 1 amide bonds. The summed E-state index contributed by atoms with van der Waals surface area (Å²) in [5.41, 5.74) is 3.24. The lowest BCUT2D eigenvalue weighted by Crippen LogP contribution is -2.40. The van der Waals surface area contributed by atoms with Gasteiger partial charge in [-0.1, -0.05) is 41.6 Å². The molecule has 0 fully saturated rings. The summed E-state index contributed by atoms with van der Waals surface area (Å²) < 4.78 is 5.53. The zero-order chi connectivity index (χ0) is 19.0. The third-order valence-electron chi connectivity index (χ3n) is 4.00. The van der Waals surface area contributed by atoms with Crippen LogP contribution in [0.5, 0.6) is 0 Å². The van der Waals surface area contributed by atoms with Gasteiger partial charge in [0.25, 0.3) is 5.91 Å². The fraction of sp³-hybridized carbons (Fsp3) is 0.190. The molecular weight excluding hydrogens is 358 g/mol. The number of fused-ring (bicyclic) bond motifs is 1. The minimum Gasteiger partial charge on any atom is -0.356 e. The summed E-state index contributed by atoms with van der Waals surface area (Å²) in [6.45, 7) is 5.84. The molecule has 1 N–H and O–H groups in total. The van der Waals surface area contributed by atoms with Crippen LogP contribution in [0.25, 0.3) is 32.8 Å². The molecule has 2 aromatic heterocycles. The monoisotopic (exact) mass is 377 g/mol. The van der Waals surface area contributed by atoms with Crippen LogP contribution in [0.2, 0.25) is 0 Å². The standard InChI is InChI=1S/C21H19N3O2S/c1-21(2,3)23-19(25)17-12-22-20(27-17)18-15-10-9-14(11-16(15)26-24-18)13-7-5-4-6-8-13/h4-12H,1-3H3,(H,23,25). The first-order chi connectivity index (χ1) is 12.9. The van der Waals surface area contributed by atoms with E-state index in [2.05, 4.69) is 27.6 Å². The van der Waals surface area contributed by atoms with Gasteiger partial charge in [0, 0.05) is 5.54 Å². The Bertz CT molecular complexity index is 1110. The van der Waals surface area contributed by atoms with Gasteiger partial charge in [0.1, 0.15) is 15.6 Å². The molecule has 2 aromatic carbocycles. The second kappa shape index (κ2) is 6.63. The van der Waals surface area contributed by atoms with E-state index in [0.717, 1.165) is 16.5 Å². The van der Waals surface area contributed by atoms with E-state index in [1.165, 1.54) is 11.3 Å². The first kappa shape index (κ1) is 17.4. The van der Waals surface area contributed by atoms with Crippen LogP contribution in [-0.2, 0) is 0 Å². The summed E-state index contributed by atoms with van der Waals surface area (Å²) in [6.07, 6.45) is 1.58. The van der Waals surface area contributed by atoms with Crippen molar-refractivity contribution >= 4 is 28.2 Å². The lowest BCUT2D eigenvalue weighted by Gasteiger charge is -2.19. The maximum Gasteiger partial charge on any atom is 0.263 e. The second-order valence-electron chi connectivity index (χ2n) is 7.34. The van der Waals surface area contributed by atoms with Crippen molar-refractivity contribution in [2.75, 3.05) is 0 Å². The predicted octanol–water partition coefficient (Wildman–Crippen LogP) is 5.15. The largest absolute Gasteiger partial charge is 0.356 e. The van der Waals surface area contributed by atoms with Gasteiger partial charge < -0.3 is 9.84 Å². The van der Waals surface area contributed by atoms with Gasteiger partial charge in [-0.15, -0.1) is 11.3 Å². The SMILES string of the molecule is CC(C)(C)NC(=O)c1cnc(-c2noc3cc(-c4ccccc4)ccc23)s1. The molecule has 0 spiro atoms. The number of rotatable bonds is 3. The van der Waals surface area contributed by atoms with E-state index in [1.54, 1.807) is 6.20 Å². The van der Waals surface area contributed by atoms with Gasteiger partial charge in [-0.25, -0.2) is 4.98 Å². The maximum atomic E-state index is 12.3. The molecule has 0 aliphatic rings. The predicted molar refractivity (Wildman–Crippen MR) is 108 cm³/mol. The highest BCUT2D eigenvalue weighted by Crippen LogP contribution is 2.33. The first-order valence-corrected chi connectivity index (χ1v) is 9.46. The Morgan fingerprint density at radius 1 is 1.07 bits per heavy atom. The maximum absolute atomic E-state index is 12.3. The number of nitrogens with zero attached hydrogens (tertiary/aromatic N) is 2. The van der Waals surface area contributed by atoms with Gasteiger partial charge in [-0.3, -0.25) is 4.79 Å². The highest BCUT2D eigenvalue weighted by Gasteiger charge is 2.20. The van der Waals surface area contributed by atoms with E-state index in [9.17, 15) is 4.79 Å². The number of benzene rings is 2. The van der Waals surface area contributed by atoms with Gasteiger partial charge in [-0.2, -0.15) is 0 Å². The summed E-state index contributed by atoms with van der Waals surface area (Å²) in [5.74, 6) is -0.134.